The minimum Gasteiger partial charge on any atom is -0.465 e. The molecular weight excluding hydrogens is 688 g/mol. The molecule has 1 heterocycles. The minimum atomic E-state index is -1.17. The van der Waals surface area contributed by atoms with Crippen LogP contribution < -0.4 is 16.0 Å². The Morgan fingerprint density at radius 3 is 2.08 bits per heavy atom. The highest BCUT2D eigenvalue weighted by Gasteiger charge is 2.28. The number of anilines is 1. The molecule has 2 atom stereocenters. The van der Waals surface area contributed by atoms with E-state index in [4.69, 9.17) is 24.1 Å². The smallest absolute Gasteiger partial charge is 0.409 e. The maximum atomic E-state index is 12.9. The molecule has 0 saturated carbocycles. The first-order valence-electron chi connectivity index (χ1n) is 16.5. The molecule has 0 fully saturated rings. The second-order valence-corrected chi connectivity index (χ2v) is 11.8. The molecule has 0 unspecified atom stereocenters. The van der Waals surface area contributed by atoms with Gasteiger partial charge in [0.15, 0.2) is 0 Å². The molecule has 0 radical (unpaired) electrons. The summed E-state index contributed by atoms with van der Waals surface area (Å²) < 4.78 is 20.7. The third kappa shape index (κ3) is 15.3. The molecule has 288 valence electrons. The monoisotopic (exact) mass is 736 g/mol. The van der Waals surface area contributed by atoms with Crippen molar-refractivity contribution in [2.75, 3.05) is 78.2 Å². The Balaban J connectivity index is 1.72. The van der Waals surface area contributed by atoms with Crippen LogP contribution in [0.2, 0.25) is 0 Å². The molecule has 7 amide bonds. The molecule has 1 aliphatic heterocycles. The Morgan fingerprint density at radius 2 is 1.46 bits per heavy atom. The lowest BCUT2D eigenvalue weighted by Crippen LogP contribution is -2.53. The van der Waals surface area contributed by atoms with Gasteiger partial charge in [-0.3, -0.25) is 24.1 Å². The molecule has 0 aliphatic carbocycles. The van der Waals surface area contributed by atoms with Gasteiger partial charge < -0.3 is 54.9 Å². The number of carbonyl (C=O) groups is 7. The van der Waals surface area contributed by atoms with E-state index in [-0.39, 0.29) is 78.3 Å². The minimum absolute atomic E-state index is 0.00355. The van der Waals surface area contributed by atoms with E-state index in [2.05, 4.69) is 16.0 Å². The molecule has 2 rings (SSSR count). The number of benzene rings is 1. The van der Waals surface area contributed by atoms with Gasteiger partial charge in [0.2, 0.25) is 11.8 Å². The first-order chi connectivity index (χ1) is 24.7. The van der Waals surface area contributed by atoms with Crippen molar-refractivity contribution in [1.82, 2.24) is 25.3 Å². The largest absolute Gasteiger partial charge is 0.465 e. The van der Waals surface area contributed by atoms with Gasteiger partial charge in [0.05, 0.1) is 39.6 Å². The van der Waals surface area contributed by atoms with Crippen molar-refractivity contribution in [1.29, 1.82) is 0 Å². The molecule has 1 aromatic carbocycles. The van der Waals surface area contributed by atoms with E-state index in [9.17, 15) is 38.7 Å². The molecule has 52 heavy (non-hydrogen) atoms. The predicted molar refractivity (Wildman–Crippen MR) is 183 cm³/mol. The van der Waals surface area contributed by atoms with Gasteiger partial charge >= 0.3 is 18.3 Å². The molecule has 0 saturated heterocycles. The Bertz CT molecular complexity index is 1390. The summed E-state index contributed by atoms with van der Waals surface area (Å²) >= 11 is 0. The first kappa shape index (κ1) is 42.9. The van der Waals surface area contributed by atoms with E-state index in [0.717, 1.165) is 9.80 Å². The third-order valence-corrected chi connectivity index (χ3v) is 7.41. The predicted octanol–water partition coefficient (Wildman–Crippen LogP) is 0.380. The Hall–Kier alpha value is -5.27. The number of aliphatic hydroxyl groups is 1. The van der Waals surface area contributed by atoms with E-state index in [1.165, 1.54) is 31.0 Å². The molecule has 0 aromatic heterocycles. The topological polar surface area (TPSA) is 243 Å². The van der Waals surface area contributed by atoms with Gasteiger partial charge in [-0.15, -0.1) is 0 Å². The number of likely N-dealkylation sites (N-methyl/N-ethyl adjacent to an activating group) is 1. The number of rotatable bonds is 22. The number of carbonyl (C=O) groups excluding carboxylic acids is 6. The lowest BCUT2D eigenvalue weighted by Gasteiger charge is -2.23. The Kier molecular flexibility index (Phi) is 18.6. The summed E-state index contributed by atoms with van der Waals surface area (Å²) in [6, 6.07) is 4.44. The van der Waals surface area contributed by atoms with E-state index in [1.54, 1.807) is 38.1 Å². The van der Waals surface area contributed by atoms with Crippen molar-refractivity contribution in [3.8, 4) is 0 Å². The quantitative estimate of drug-likeness (QED) is 0.0800. The number of hydrogen-bond donors (Lipinski definition) is 5. The fourth-order valence-corrected chi connectivity index (χ4v) is 4.37. The zero-order valence-corrected chi connectivity index (χ0v) is 29.7. The highest BCUT2D eigenvalue weighted by Crippen LogP contribution is 2.12. The van der Waals surface area contributed by atoms with Crippen molar-refractivity contribution in [2.24, 2.45) is 5.92 Å². The van der Waals surface area contributed by atoms with Gasteiger partial charge in [-0.05, 0) is 30.5 Å². The van der Waals surface area contributed by atoms with Crippen LogP contribution in [0.25, 0.3) is 0 Å². The summed E-state index contributed by atoms with van der Waals surface area (Å²) in [5, 5.41) is 25.8. The van der Waals surface area contributed by atoms with Gasteiger partial charge in [-0.25, -0.2) is 14.4 Å². The SMILES string of the molecule is CC(C)[C@H](NC(=O)OCCOCCN1C(=O)C=CC1=O)C(=O)N[C@@H](C)C(=O)Nc1ccc(COC(=O)N(C)CCN(CCOCCO)C(=O)O)cc1. The highest BCUT2D eigenvalue weighted by atomic mass is 16.6. The van der Waals surface area contributed by atoms with Crippen LogP contribution in [-0.4, -0.2) is 152 Å². The zero-order chi connectivity index (χ0) is 38.6. The normalized spacial score (nSPS) is 13.4. The van der Waals surface area contributed by atoms with Crippen LogP contribution in [0.3, 0.4) is 0 Å². The summed E-state index contributed by atoms with van der Waals surface area (Å²) in [5.41, 5.74) is 1.03. The zero-order valence-electron chi connectivity index (χ0n) is 29.7. The maximum Gasteiger partial charge on any atom is 0.409 e. The second-order valence-electron chi connectivity index (χ2n) is 11.8. The van der Waals surface area contributed by atoms with Crippen LogP contribution in [0.4, 0.5) is 20.1 Å². The first-order valence-corrected chi connectivity index (χ1v) is 16.5. The average molecular weight is 737 g/mol. The second kappa shape index (κ2) is 22.5. The summed E-state index contributed by atoms with van der Waals surface area (Å²) in [6.07, 6.45) is -0.371. The van der Waals surface area contributed by atoms with E-state index in [0.29, 0.717) is 11.3 Å². The number of aliphatic hydroxyl groups excluding tert-OH is 1. The summed E-state index contributed by atoms with van der Waals surface area (Å²) in [7, 11) is 1.47. The number of nitrogens with zero attached hydrogens (tertiary/aromatic N) is 3. The number of carboxylic acid groups (broad SMARTS) is 1. The van der Waals surface area contributed by atoms with Crippen molar-refractivity contribution >= 4 is 47.6 Å². The molecule has 0 bridgehead atoms. The van der Waals surface area contributed by atoms with Crippen LogP contribution in [0.15, 0.2) is 36.4 Å². The molecule has 19 heteroatoms. The van der Waals surface area contributed by atoms with Crippen LogP contribution in [0, 0.1) is 5.92 Å². The molecular formula is C33H48N6O13. The number of alkyl carbamates (subject to hydrolysis) is 1. The van der Waals surface area contributed by atoms with Gasteiger partial charge in [0.25, 0.3) is 11.8 Å². The summed E-state index contributed by atoms with van der Waals surface area (Å²) in [4.78, 5) is 88.2. The van der Waals surface area contributed by atoms with Gasteiger partial charge in [0, 0.05) is 44.5 Å². The standard InChI is InChI=1S/C33H48N6O13/c1-22(2)28(36-31(45)51-20-19-50-17-14-39-26(41)9-10-27(39)42)30(44)34-23(3)29(43)35-25-7-5-24(6-8-25)21-52-33(48)37(4)11-12-38(32(46)47)13-16-49-18-15-40/h5-10,22-23,28,40H,11-21H2,1-4H3,(H,34,44)(H,35,43)(H,36,45)(H,46,47)/t23-,28-/m0/s1. The van der Waals surface area contributed by atoms with E-state index < -0.39 is 54.0 Å². The summed E-state index contributed by atoms with van der Waals surface area (Å²) in [5.74, 6) is -2.34. The van der Waals surface area contributed by atoms with Gasteiger partial charge in [-0.1, -0.05) is 26.0 Å². The van der Waals surface area contributed by atoms with Gasteiger partial charge in [-0.2, -0.15) is 0 Å². The highest BCUT2D eigenvalue weighted by molar-refractivity contribution is 6.12. The van der Waals surface area contributed by atoms with Crippen LogP contribution in [-0.2, 0) is 44.7 Å². The van der Waals surface area contributed by atoms with Crippen molar-refractivity contribution < 1.29 is 62.7 Å². The molecule has 5 N–H and O–H groups in total. The number of amides is 7. The number of ether oxygens (including phenoxy) is 4. The molecule has 1 aromatic rings. The number of nitrogens with one attached hydrogen (secondary N) is 3. The van der Waals surface area contributed by atoms with E-state index in [1.807, 2.05) is 0 Å². The van der Waals surface area contributed by atoms with Crippen molar-refractivity contribution in [3.05, 3.63) is 42.0 Å². The fraction of sp³-hybridized carbons (Fsp3) is 0.545. The average Bonchev–Trinajstić information content (AvgIpc) is 3.42. The number of hydrogen-bond acceptors (Lipinski definition) is 12. The molecule has 1 aliphatic rings. The van der Waals surface area contributed by atoms with Crippen LogP contribution >= 0.6 is 0 Å². The summed E-state index contributed by atoms with van der Waals surface area (Å²) in [6.45, 7) is 4.99. The van der Waals surface area contributed by atoms with Crippen molar-refractivity contribution in [2.45, 2.75) is 39.5 Å². The lowest BCUT2D eigenvalue weighted by atomic mass is 10.0. The maximum absolute atomic E-state index is 12.9. The van der Waals surface area contributed by atoms with Crippen LogP contribution in [0.5, 0.6) is 0 Å². The van der Waals surface area contributed by atoms with Gasteiger partial charge in [0.1, 0.15) is 25.3 Å². The molecule has 0 spiro atoms. The Labute approximate surface area is 301 Å². The van der Waals surface area contributed by atoms with Crippen LogP contribution in [0.1, 0.15) is 26.3 Å². The molecule has 19 nitrogen and oxygen atoms in total. The Morgan fingerprint density at radius 1 is 0.808 bits per heavy atom. The third-order valence-electron chi connectivity index (χ3n) is 7.41. The number of imide groups is 1. The lowest BCUT2D eigenvalue weighted by molar-refractivity contribution is -0.137. The van der Waals surface area contributed by atoms with Crippen molar-refractivity contribution in [3.63, 3.8) is 0 Å². The fourth-order valence-electron chi connectivity index (χ4n) is 4.37. The van der Waals surface area contributed by atoms with E-state index >= 15 is 0 Å².